The molecular formula is C19H18Cl2N2O4S. The quantitative estimate of drug-likeness (QED) is 0.573. The Balaban J connectivity index is 1.50. The number of fused-ring (bicyclic) bond motifs is 1. The highest BCUT2D eigenvalue weighted by Crippen LogP contribution is 2.50. The molecule has 9 heteroatoms. The third-order valence-electron chi connectivity index (χ3n) is 5.17. The highest BCUT2D eigenvalue weighted by atomic mass is 35.5. The zero-order valence-electron chi connectivity index (χ0n) is 15.0. The molecule has 0 aromatic heterocycles. The number of ether oxygens (including phenoxy) is 1. The van der Waals surface area contributed by atoms with E-state index >= 15 is 0 Å². The molecule has 1 aromatic carbocycles. The molecule has 1 N–H and O–H groups in total. The van der Waals surface area contributed by atoms with E-state index in [0.717, 1.165) is 17.7 Å². The fourth-order valence-corrected chi connectivity index (χ4v) is 5.72. The van der Waals surface area contributed by atoms with Crippen molar-refractivity contribution in [3.63, 3.8) is 0 Å². The Kier molecular flexibility index (Phi) is 5.33. The first kappa shape index (κ1) is 19.6. The number of thioether (sulfide) groups is 1. The van der Waals surface area contributed by atoms with Crippen molar-refractivity contribution in [2.75, 3.05) is 12.9 Å². The minimum Gasteiger partial charge on any atom is -0.469 e. The van der Waals surface area contributed by atoms with Crippen LogP contribution in [0.3, 0.4) is 0 Å². The Morgan fingerprint density at radius 2 is 2.04 bits per heavy atom. The lowest BCUT2D eigenvalue weighted by atomic mass is 9.89. The smallest absolute Gasteiger partial charge is 0.312 e. The van der Waals surface area contributed by atoms with E-state index in [2.05, 4.69) is 10.5 Å². The largest absolute Gasteiger partial charge is 0.469 e. The lowest BCUT2D eigenvalue weighted by Gasteiger charge is -2.26. The molecule has 4 rings (SSSR count). The number of nitrogens with zero attached hydrogens (tertiary/aromatic N) is 1. The predicted octanol–water partition coefficient (Wildman–Crippen LogP) is 3.41. The number of halogens is 2. The first-order valence-corrected chi connectivity index (χ1v) is 10.6. The fourth-order valence-electron chi connectivity index (χ4n) is 3.83. The van der Waals surface area contributed by atoms with E-state index in [4.69, 9.17) is 32.8 Å². The molecular weight excluding hydrogens is 423 g/mol. The van der Waals surface area contributed by atoms with Gasteiger partial charge in [-0.1, -0.05) is 40.5 Å². The second-order valence-corrected chi connectivity index (χ2v) is 9.09. The van der Waals surface area contributed by atoms with E-state index in [1.54, 1.807) is 24.3 Å². The van der Waals surface area contributed by atoms with Gasteiger partial charge in [-0.25, -0.2) is 0 Å². The number of carbonyl (C=O) groups excluding carboxylic acids is 2. The van der Waals surface area contributed by atoms with Crippen molar-refractivity contribution in [1.82, 2.24) is 5.32 Å². The summed E-state index contributed by atoms with van der Waals surface area (Å²) in [6, 6.07) is 4.94. The van der Waals surface area contributed by atoms with Crippen molar-refractivity contribution in [3.8, 4) is 0 Å². The Bertz CT molecular complexity index is 870. The number of esters is 1. The third kappa shape index (κ3) is 3.40. The van der Waals surface area contributed by atoms with E-state index in [1.807, 2.05) is 6.08 Å². The molecule has 0 saturated carbocycles. The second-order valence-electron chi connectivity index (χ2n) is 6.91. The molecule has 1 aliphatic carbocycles. The molecule has 1 aromatic rings. The lowest BCUT2D eigenvalue weighted by molar-refractivity contribution is -0.144. The van der Waals surface area contributed by atoms with Gasteiger partial charge in [0.2, 0.25) is 0 Å². The van der Waals surface area contributed by atoms with Gasteiger partial charge in [-0.05, 0) is 36.8 Å². The fraction of sp³-hybridized carbons (Fsp3) is 0.421. The molecule has 148 valence electrons. The average Bonchev–Trinajstić information content (AvgIpc) is 3.35. The number of benzene rings is 1. The van der Waals surface area contributed by atoms with Gasteiger partial charge in [0.15, 0.2) is 0 Å². The lowest BCUT2D eigenvalue weighted by Crippen LogP contribution is -2.50. The van der Waals surface area contributed by atoms with Crippen molar-refractivity contribution >= 4 is 52.6 Å². The zero-order chi connectivity index (χ0) is 19.9. The van der Waals surface area contributed by atoms with Gasteiger partial charge in [0.1, 0.15) is 0 Å². The van der Waals surface area contributed by atoms with Crippen LogP contribution in [0.25, 0.3) is 0 Å². The molecule has 4 atom stereocenters. The number of hydrogen-bond donors (Lipinski definition) is 1. The van der Waals surface area contributed by atoms with Crippen LogP contribution < -0.4 is 5.32 Å². The Morgan fingerprint density at radius 1 is 1.29 bits per heavy atom. The molecule has 28 heavy (non-hydrogen) atoms. The van der Waals surface area contributed by atoms with Crippen molar-refractivity contribution in [2.45, 2.75) is 23.8 Å². The Hall–Kier alpha value is -1.70. The van der Waals surface area contributed by atoms with Gasteiger partial charge >= 0.3 is 5.97 Å². The first-order chi connectivity index (χ1) is 13.4. The normalized spacial score (nSPS) is 30.5. The van der Waals surface area contributed by atoms with Crippen LogP contribution in [0, 0.1) is 11.8 Å². The highest BCUT2D eigenvalue weighted by Gasteiger charge is 2.59. The summed E-state index contributed by atoms with van der Waals surface area (Å²) in [4.78, 5) is 29.4. The van der Waals surface area contributed by atoms with Crippen LogP contribution >= 0.6 is 35.0 Å². The van der Waals surface area contributed by atoms with Gasteiger partial charge in [0, 0.05) is 21.7 Å². The molecule has 2 heterocycles. The molecule has 3 aliphatic rings. The van der Waals surface area contributed by atoms with E-state index < -0.39 is 4.93 Å². The summed E-state index contributed by atoms with van der Waals surface area (Å²) in [6.07, 6.45) is 4.81. The number of hydrogen-bond acceptors (Lipinski definition) is 6. The number of methoxy groups -OCH3 is 1. The maximum absolute atomic E-state index is 13.1. The summed E-state index contributed by atoms with van der Waals surface area (Å²) >= 11 is 13.7. The van der Waals surface area contributed by atoms with Crippen LogP contribution in [-0.4, -0.2) is 41.4 Å². The molecule has 6 nitrogen and oxygen atoms in total. The van der Waals surface area contributed by atoms with Crippen LogP contribution in [0.1, 0.15) is 18.4 Å². The van der Waals surface area contributed by atoms with Crippen LogP contribution in [0.2, 0.25) is 10.0 Å². The summed E-state index contributed by atoms with van der Waals surface area (Å²) in [5.41, 5.74) is 1.44. The maximum atomic E-state index is 13.1. The maximum Gasteiger partial charge on any atom is 0.312 e. The minimum atomic E-state index is -1.11. The molecule has 2 unspecified atom stereocenters. The average molecular weight is 441 g/mol. The number of amides is 1. The van der Waals surface area contributed by atoms with Crippen molar-refractivity contribution < 1.29 is 19.2 Å². The Morgan fingerprint density at radius 3 is 2.75 bits per heavy atom. The number of oxime groups is 1. The summed E-state index contributed by atoms with van der Waals surface area (Å²) in [5.74, 6) is -0.318. The zero-order valence-corrected chi connectivity index (χ0v) is 17.3. The molecule has 1 fully saturated rings. The van der Waals surface area contributed by atoms with Gasteiger partial charge in [0.05, 0.1) is 24.7 Å². The van der Waals surface area contributed by atoms with E-state index in [9.17, 15) is 9.59 Å². The molecule has 0 radical (unpaired) electrons. The monoisotopic (exact) mass is 440 g/mol. The van der Waals surface area contributed by atoms with Crippen molar-refractivity contribution in [2.24, 2.45) is 17.0 Å². The van der Waals surface area contributed by atoms with E-state index in [0.29, 0.717) is 22.2 Å². The number of nitrogens with one attached hydrogen (secondary N) is 1. The number of rotatable bonds is 4. The van der Waals surface area contributed by atoms with Crippen LogP contribution in [0.4, 0.5) is 0 Å². The minimum absolute atomic E-state index is 0.200. The molecule has 1 saturated heterocycles. The first-order valence-electron chi connectivity index (χ1n) is 8.86. The van der Waals surface area contributed by atoms with E-state index in [1.165, 1.54) is 18.9 Å². The summed E-state index contributed by atoms with van der Waals surface area (Å²) in [7, 11) is 1.36. The van der Waals surface area contributed by atoms with Crippen molar-refractivity contribution in [3.05, 3.63) is 46.0 Å². The van der Waals surface area contributed by atoms with Gasteiger partial charge in [-0.3, -0.25) is 9.59 Å². The van der Waals surface area contributed by atoms with E-state index in [-0.39, 0.29) is 29.8 Å². The van der Waals surface area contributed by atoms with Gasteiger partial charge < -0.3 is 14.9 Å². The van der Waals surface area contributed by atoms with Crippen LogP contribution in [0.5, 0.6) is 0 Å². The predicted molar refractivity (Wildman–Crippen MR) is 109 cm³/mol. The highest BCUT2D eigenvalue weighted by molar-refractivity contribution is 8.01. The van der Waals surface area contributed by atoms with Crippen LogP contribution in [-0.2, 0) is 19.2 Å². The van der Waals surface area contributed by atoms with Gasteiger partial charge in [0.25, 0.3) is 10.8 Å². The molecule has 0 bridgehead atoms. The Labute approximate surface area is 176 Å². The molecule has 0 spiro atoms. The summed E-state index contributed by atoms with van der Waals surface area (Å²) < 4.78 is 4.77. The van der Waals surface area contributed by atoms with Crippen LogP contribution in [0.15, 0.2) is 35.5 Å². The van der Waals surface area contributed by atoms with Gasteiger partial charge in [-0.15, -0.1) is 11.8 Å². The van der Waals surface area contributed by atoms with Gasteiger partial charge in [-0.2, -0.15) is 0 Å². The van der Waals surface area contributed by atoms with Crippen molar-refractivity contribution in [1.29, 1.82) is 0 Å². The SMILES string of the molecule is COC(=O)[C@@H]1C=C[C@H](NC(=O)C23ON=C(c4cc(Cl)cc(Cl)c4)C2CCS3)C1. The summed E-state index contributed by atoms with van der Waals surface area (Å²) in [5, 5.41) is 8.21. The molecule has 2 aliphatic heterocycles. The third-order valence-corrected chi connectivity index (χ3v) is 7.02. The topological polar surface area (TPSA) is 77.0 Å². The standard InChI is InChI=1S/C19H18Cl2N2O4S/c1-26-17(24)10-2-3-14(8-10)22-18(25)19-15(4-5-28-19)16(23-27-19)11-6-12(20)9-13(21)7-11/h2-3,6-7,9-10,14-15H,4-5,8H2,1H3,(H,22,25)/t10-,14+,15?,19?/m1/s1. The molecule has 1 amide bonds. The summed E-state index contributed by atoms with van der Waals surface area (Å²) in [6.45, 7) is 0. The number of carbonyl (C=O) groups is 2. The second kappa shape index (κ2) is 7.61.